The quantitative estimate of drug-likeness (QED) is 0.789. The van der Waals surface area contributed by atoms with Crippen LogP contribution in [0.4, 0.5) is 5.82 Å². The lowest BCUT2D eigenvalue weighted by Gasteiger charge is -2.40. The third kappa shape index (κ3) is 4.20. The van der Waals surface area contributed by atoms with E-state index in [0.29, 0.717) is 0 Å². The maximum atomic E-state index is 4.73. The van der Waals surface area contributed by atoms with Gasteiger partial charge in [-0.2, -0.15) is 0 Å². The highest BCUT2D eigenvalue weighted by Gasteiger charge is 2.35. The Morgan fingerprint density at radius 2 is 1.64 bits per heavy atom. The highest BCUT2D eigenvalue weighted by molar-refractivity contribution is 5.50. The molecule has 0 spiro atoms. The van der Waals surface area contributed by atoms with Crippen LogP contribution in [0.1, 0.15) is 70.6 Å². The summed E-state index contributed by atoms with van der Waals surface area (Å²) in [7, 11) is 0. The number of rotatable bonds is 4. The van der Waals surface area contributed by atoms with E-state index in [4.69, 9.17) is 4.98 Å². The van der Waals surface area contributed by atoms with E-state index in [9.17, 15) is 0 Å². The van der Waals surface area contributed by atoms with E-state index in [2.05, 4.69) is 26.6 Å². The molecular formula is C23H39N5. The molecule has 2 aliphatic carbocycles. The number of aromatic nitrogens is 2. The minimum atomic E-state index is 0.719. The molecule has 2 saturated carbocycles. The SMILES string of the molecule is CC.CC(C1CC1)N1CCc2c(ncnc2N2CCN(C3CCCC3)CC2)C1. The largest absolute Gasteiger partial charge is 0.354 e. The number of piperazine rings is 1. The minimum Gasteiger partial charge on any atom is -0.354 e. The summed E-state index contributed by atoms with van der Waals surface area (Å²) in [6, 6.07) is 1.57. The van der Waals surface area contributed by atoms with Gasteiger partial charge in [0.05, 0.1) is 5.69 Å². The lowest BCUT2D eigenvalue weighted by Crippen LogP contribution is -2.50. The summed E-state index contributed by atoms with van der Waals surface area (Å²) in [6.45, 7) is 13.3. The van der Waals surface area contributed by atoms with Gasteiger partial charge in [-0.05, 0) is 44.9 Å². The number of hydrogen-bond acceptors (Lipinski definition) is 5. The van der Waals surface area contributed by atoms with E-state index in [1.54, 1.807) is 0 Å². The van der Waals surface area contributed by atoms with Gasteiger partial charge in [-0.3, -0.25) is 9.80 Å². The van der Waals surface area contributed by atoms with Crippen molar-refractivity contribution in [1.82, 2.24) is 19.8 Å². The number of fused-ring (bicyclic) bond motifs is 1. The van der Waals surface area contributed by atoms with Gasteiger partial charge in [0.2, 0.25) is 0 Å². The van der Waals surface area contributed by atoms with Gasteiger partial charge in [0.1, 0.15) is 12.1 Å². The number of hydrogen-bond donors (Lipinski definition) is 0. The molecule has 1 unspecified atom stereocenters. The fraction of sp³-hybridized carbons (Fsp3) is 0.826. The molecule has 1 saturated heterocycles. The van der Waals surface area contributed by atoms with Crippen molar-refractivity contribution >= 4 is 5.82 Å². The zero-order valence-corrected chi connectivity index (χ0v) is 18.2. The monoisotopic (exact) mass is 385 g/mol. The molecule has 5 nitrogen and oxygen atoms in total. The molecule has 1 atom stereocenters. The highest BCUT2D eigenvalue weighted by Crippen LogP contribution is 2.37. The molecule has 3 heterocycles. The average Bonchev–Trinajstić information content (AvgIpc) is 3.47. The zero-order valence-electron chi connectivity index (χ0n) is 18.2. The molecule has 0 N–H and O–H groups in total. The first kappa shape index (κ1) is 20.1. The van der Waals surface area contributed by atoms with E-state index < -0.39 is 0 Å². The van der Waals surface area contributed by atoms with Crippen LogP contribution in [0, 0.1) is 5.92 Å². The van der Waals surface area contributed by atoms with Gasteiger partial charge in [-0.25, -0.2) is 9.97 Å². The number of anilines is 1. The van der Waals surface area contributed by atoms with Crippen LogP contribution in [-0.4, -0.2) is 64.6 Å². The second-order valence-corrected chi connectivity index (χ2v) is 8.88. The standard InChI is InChI=1S/C21H33N5.C2H6/c1-16(17-6-7-17)26-9-8-19-20(14-26)22-15-23-21(19)25-12-10-24(11-13-25)18-4-2-3-5-18;1-2/h15-18H,2-14H2,1H3;1-2H3. The first-order valence-electron chi connectivity index (χ1n) is 11.9. The molecule has 3 fully saturated rings. The van der Waals surface area contributed by atoms with Crippen molar-refractivity contribution in [3.05, 3.63) is 17.6 Å². The molecule has 156 valence electrons. The van der Waals surface area contributed by atoms with Gasteiger partial charge in [0.15, 0.2) is 0 Å². The Balaban J connectivity index is 0.000000932. The van der Waals surface area contributed by atoms with E-state index in [1.807, 2.05) is 20.2 Å². The van der Waals surface area contributed by atoms with E-state index in [-0.39, 0.29) is 0 Å². The Labute approximate surface area is 171 Å². The van der Waals surface area contributed by atoms with Gasteiger partial charge in [0.25, 0.3) is 0 Å². The number of nitrogens with zero attached hydrogens (tertiary/aromatic N) is 5. The Hall–Kier alpha value is -1.20. The molecule has 5 heteroatoms. The van der Waals surface area contributed by atoms with E-state index in [1.165, 1.54) is 75.2 Å². The van der Waals surface area contributed by atoms with Crippen molar-refractivity contribution in [3.8, 4) is 0 Å². The summed E-state index contributed by atoms with van der Waals surface area (Å²) in [5, 5.41) is 0. The second-order valence-electron chi connectivity index (χ2n) is 8.88. The summed E-state index contributed by atoms with van der Waals surface area (Å²) in [5.41, 5.74) is 2.72. The summed E-state index contributed by atoms with van der Waals surface area (Å²) < 4.78 is 0. The first-order valence-corrected chi connectivity index (χ1v) is 11.9. The fourth-order valence-corrected chi connectivity index (χ4v) is 5.42. The van der Waals surface area contributed by atoms with Crippen LogP contribution in [0.25, 0.3) is 0 Å². The summed E-state index contributed by atoms with van der Waals surface area (Å²) in [4.78, 5) is 17.3. The molecule has 1 aromatic heterocycles. The Morgan fingerprint density at radius 3 is 2.32 bits per heavy atom. The summed E-state index contributed by atoms with van der Waals surface area (Å²) in [6.07, 6.45) is 11.5. The smallest absolute Gasteiger partial charge is 0.135 e. The normalized spacial score (nSPS) is 25.2. The van der Waals surface area contributed by atoms with Gasteiger partial charge < -0.3 is 4.90 Å². The topological polar surface area (TPSA) is 35.5 Å². The minimum absolute atomic E-state index is 0.719. The summed E-state index contributed by atoms with van der Waals surface area (Å²) in [5.74, 6) is 2.17. The van der Waals surface area contributed by atoms with Crippen molar-refractivity contribution in [2.45, 2.75) is 84.3 Å². The van der Waals surface area contributed by atoms with Crippen LogP contribution in [0.2, 0.25) is 0 Å². The average molecular weight is 386 g/mol. The molecule has 0 amide bonds. The third-order valence-electron chi connectivity index (χ3n) is 7.35. The van der Waals surface area contributed by atoms with Crippen LogP contribution in [-0.2, 0) is 13.0 Å². The predicted octanol–water partition coefficient (Wildman–Crippen LogP) is 3.72. The molecule has 0 aromatic carbocycles. The van der Waals surface area contributed by atoms with Crippen molar-refractivity contribution in [1.29, 1.82) is 0 Å². The van der Waals surface area contributed by atoms with E-state index >= 15 is 0 Å². The van der Waals surface area contributed by atoms with Crippen molar-refractivity contribution in [2.75, 3.05) is 37.6 Å². The zero-order chi connectivity index (χ0) is 19.5. The lowest BCUT2D eigenvalue weighted by atomic mass is 10.0. The van der Waals surface area contributed by atoms with Gasteiger partial charge in [-0.1, -0.05) is 26.7 Å². The molecule has 2 aliphatic heterocycles. The van der Waals surface area contributed by atoms with E-state index in [0.717, 1.165) is 44.1 Å². The van der Waals surface area contributed by atoms with Crippen molar-refractivity contribution < 1.29 is 0 Å². The Kier molecular flexibility index (Phi) is 6.52. The van der Waals surface area contributed by atoms with Gasteiger partial charge >= 0.3 is 0 Å². The van der Waals surface area contributed by atoms with Crippen LogP contribution in [0.15, 0.2) is 6.33 Å². The van der Waals surface area contributed by atoms with Gasteiger partial charge in [-0.15, -0.1) is 0 Å². The van der Waals surface area contributed by atoms with Crippen LogP contribution < -0.4 is 4.90 Å². The van der Waals surface area contributed by atoms with Crippen molar-refractivity contribution in [2.24, 2.45) is 5.92 Å². The molecule has 4 aliphatic rings. The van der Waals surface area contributed by atoms with Crippen LogP contribution in [0.3, 0.4) is 0 Å². The third-order valence-corrected chi connectivity index (χ3v) is 7.35. The first-order chi connectivity index (χ1) is 13.8. The molecule has 1 aromatic rings. The molecule has 0 radical (unpaired) electrons. The van der Waals surface area contributed by atoms with Crippen LogP contribution in [0.5, 0.6) is 0 Å². The van der Waals surface area contributed by atoms with Crippen LogP contribution >= 0.6 is 0 Å². The lowest BCUT2D eigenvalue weighted by molar-refractivity contribution is 0.169. The van der Waals surface area contributed by atoms with Crippen molar-refractivity contribution in [3.63, 3.8) is 0 Å². The fourth-order valence-electron chi connectivity index (χ4n) is 5.42. The molecule has 28 heavy (non-hydrogen) atoms. The predicted molar refractivity (Wildman–Crippen MR) is 116 cm³/mol. The molecule has 0 bridgehead atoms. The maximum absolute atomic E-state index is 4.73. The summed E-state index contributed by atoms with van der Waals surface area (Å²) >= 11 is 0. The molecular weight excluding hydrogens is 346 g/mol. The molecule has 5 rings (SSSR count). The Morgan fingerprint density at radius 1 is 0.929 bits per heavy atom. The Bertz CT molecular complexity index is 630. The highest BCUT2D eigenvalue weighted by atomic mass is 15.3. The van der Waals surface area contributed by atoms with Gasteiger partial charge in [0, 0.05) is 56.9 Å². The maximum Gasteiger partial charge on any atom is 0.135 e. The second kappa shape index (κ2) is 9.08.